The normalized spacial score (nSPS) is 13.2. The summed E-state index contributed by atoms with van der Waals surface area (Å²) in [5.41, 5.74) is 7.21. The first-order chi connectivity index (χ1) is 7.31. The highest BCUT2D eigenvalue weighted by Gasteiger charge is 2.07. The van der Waals surface area contributed by atoms with Gasteiger partial charge >= 0.3 is 0 Å². The first-order valence-corrected chi connectivity index (χ1v) is 6.01. The lowest BCUT2D eigenvalue weighted by Gasteiger charge is -2.08. The molecule has 0 spiro atoms. The van der Waals surface area contributed by atoms with Crippen LogP contribution in [0, 0.1) is 0 Å². The van der Waals surface area contributed by atoms with Crippen LogP contribution < -0.4 is 5.73 Å². The van der Waals surface area contributed by atoms with Gasteiger partial charge in [-0.25, -0.2) is 0 Å². The molecule has 80 valence electrons. The van der Waals surface area contributed by atoms with Crippen molar-refractivity contribution in [1.29, 1.82) is 0 Å². The fourth-order valence-electron chi connectivity index (χ4n) is 1.74. The molecule has 0 aliphatic rings. The van der Waals surface area contributed by atoms with Crippen LogP contribution in [-0.2, 0) is 6.42 Å². The summed E-state index contributed by atoms with van der Waals surface area (Å²) in [5.74, 6) is 0. The summed E-state index contributed by atoms with van der Waals surface area (Å²) < 4.78 is 1.31. The van der Waals surface area contributed by atoms with Crippen LogP contribution in [0.2, 0.25) is 0 Å². The lowest BCUT2D eigenvalue weighted by Crippen LogP contribution is -2.23. The molecule has 3 heteroatoms. The number of rotatable bonds is 4. The van der Waals surface area contributed by atoms with E-state index in [2.05, 4.69) is 29.6 Å². The van der Waals surface area contributed by atoms with Crippen LogP contribution in [0.5, 0.6) is 0 Å². The van der Waals surface area contributed by atoms with E-state index in [9.17, 15) is 0 Å². The van der Waals surface area contributed by atoms with Gasteiger partial charge in [-0.3, -0.25) is 0 Å². The highest BCUT2D eigenvalue weighted by molar-refractivity contribution is 7.17. The van der Waals surface area contributed by atoms with Crippen LogP contribution in [-0.4, -0.2) is 17.8 Å². The predicted molar refractivity (Wildman–Crippen MR) is 65.2 cm³/mol. The highest BCUT2D eigenvalue weighted by Crippen LogP contribution is 2.26. The Labute approximate surface area is 93.3 Å². The maximum Gasteiger partial charge on any atom is 0.0445 e. The van der Waals surface area contributed by atoms with Gasteiger partial charge in [0, 0.05) is 17.3 Å². The molecule has 0 amide bonds. The molecule has 0 saturated carbocycles. The van der Waals surface area contributed by atoms with Crippen molar-refractivity contribution in [2.75, 3.05) is 6.61 Å². The third-order valence-electron chi connectivity index (χ3n) is 2.54. The van der Waals surface area contributed by atoms with Crippen LogP contribution in [0.3, 0.4) is 0 Å². The molecule has 3 N–H and O–H groups in total. The van der Waals surface area contributed by atoms with Crippen molar-refractivity contribution in [2.24, 2.45) is 5.73 Å². The van der Waals surface area contributed by atoms with E-state index in [0.29, 0.717) is 6.42 Å². The fourth-order valence-corrected chi connectivity index (χ4v) is 2.72. The summed E-state index contributed by atoms with van der Waals surface area (Å²) >= 11 is 1.76. The van der Waals surface area contributed by atoms with E-state index in [4.69, 9.17) is 10.8 Å². The zero-order valence-electron chi connectivity index (χ0n) is 8.52. The molecule has 2 rings (SSSR count). The quantitative estimate of drug-likeness (QED) is 0.831. The molecule has 0 aliphatic heterocycles. The van der Waals surface area contributed by atoms with Gasteiger partial charge in [-0.05, 0) is 35.2 Å². The zero-order chi connectivity index (χ0) is 10.7. The maximum absolute atomic E-state index is 8.80. The summed E-state index contributed by atoms with van der Waals surface area (Å²) in [5, 5.41) is 12.3. The summed E-state index contributed by atoms with van der Waals surface area (Å²) in [6.45, 7) is 0.170. The average molecular weight is 221 g/mol. The number of nitrogens with two attached hydrogens (primary N) is 1. The molecular formula is C12H15NOS. The number of hydrogen-bond donors (Lipinski definition) is 2. The molecule has 2 aromatic rings. The van der Waals surface area contributed by atoms with Crippen molar-refractivity contribution < 1.29 is 5.11 Å². The number of benzene rings is 1. The molecule has 0 fully saturated rings. The minimum absolute atomic E-state index is 0.0630. The molecule has 0 bridgehead atoms. The van der Waals surface area contributed by atoms with Gasteiger partial charge in [0.05, 0.1) is 0 Å². The number of aliphatic hydroxyl groups is 1. The Kier molecular flexibility index (Phi) is 3.36. The molecule has 1 aromatic carbocycles. The number of thiophene rings is 1. The Bertz CT molecular complexity index is 438. The summed E-state index contributed by atoms with van der Waals surface area (Å²) in [4.78, 5) is 0. The Balaban J connectivity index is 2.21. The second kappa shape index (κ2) is 4.75. The van der Waals surface area contributed by atoms with Gasteiger partial charge in [-0.1, -0.05) is 18.2 Å². The molecule has 0 radical (unpaired) electrons. The lowest BCUT2D eigenvalue weighted by molar-refractivity contribution is 0.275. The van der Waals surface area contributed by atoms with E-state index in [0.717, 1.165) is 6.42 Å². The van der Waals surface area contributed by atoms with Crippen molar-refractivity contribution in [3.63, 3.8) is 0 Å². The van der Waals surface area contributed by atoms with Crippen LogP contribution in [0.15, 0.2) is 29.6 Å². The first-order valence-electron chi connectivity index (χ1n) is 5.13. The largest absolute Gasteiger partial charge is 0.396 e. The van der Waals surface area contributed by atoms with Crippen molar-refractivity contribution in [3.05, 3.63) is 35.2 Å². The third-order valence-corrected chi connectivity index (χ3v) is 3.56. The Hall–Kier alpha value is -0.900. The van der Waals surface area contributed by atoms with E-state index in [1.807, 2.05) is 0 Å². The SMILES string of the molecule is N[C@@H](CCO)Cc1csc2ccccc12. The molecule has 1 atom stereocenters. The van der Waals surface area contributed by atoms with E-state index in [-0.39, 0.29) is 12.6 Å². The zero-order valence-corrected chi connectivity index (χ0v) is 9.33. The maximum atomic E-state index is 8.80. The van der Waals surface area contributed by atoms with Crippen LogP contribution >= 0.6 is 11.3 Å². The Morgan fingerprint density at radius 1 is 1.33 bits per heavy atom. The standard InChI is InChI=1S/C12H15NOS/c13-10(5-6-14)7-9-8-15-12-4-2-1-3-11(9)12/h1-4,8,10,14H,5-7,13H2/t10-/m0/s1. The second-order valence-electron chi connectivity index (χ2n) is 3.73. The highest BCUT2D eigenvalue weighted by atomic mass is 32.1. The molecule has 2 nitrogen and oxygen atoms in total. The monoisotopic (exact) mass is 221 g/mol. The van der Waals surface area contributed by atoms with Gasteiger partial charge in [0.2, 0.25) is 0 Å². The lowest BCUT2D eigenvalue weighted by atomic mass is 10.0. The molecule has 1 heterocycles. The van der Waals surface area contributed by atoms with E-state index < -0.39 is 0 Å². The van der Waals surface area contributed by atoms with Crippen molar-refractivity contribution in [2.45, 2.75) is 18.9 Å². The number of aliphatic hydroxyl groups excluding tert-OH is 1. The Morgan fingerprint density at radius 2 is 2.13 bits per heavy atom. The third kappa shape index (κ3) is 2.37. The predicted octanol–water partition coefficient (Wildman–Crippen LogP) is 2.15. The molecule has 1 aromatic heterocycles. The van der Waals surface area contributed by atoms with Gasteiger partial charge in [0.15, 0.2) is 0 Å². The average Bonchev–Trinajstić information content (AvgIpc) is 2.62. The molecule has 0 saturated heterocycles. The van der Waals surface area contributed by atoms with E-state index in [1.54, 1.807) is 11.3 Å². The van der Waals surface area contributed by atoms with E-state index in [1.165, 1.54) is 15.6 Å². The van der Waals surface area contributed by atoms with Gasteiger partial charge in [-0.15, -0.1) is 11.3 Å². The first kappa shape index (κ1) is 10.6. The van der Waals surface area contributed by atoms with Crippen molar-refractivity contribution >= 4 is 21.4 Å². The number of hydrogen-bond acceptors (Lipinski definition) is 3. The molecule has 15 heavy (non-hydrogen) atoms. The van der Waals surface area contributed by atoms with E-state index >= 15 is 0 Å². The van der Waals surface area contributed by atoms with Gasteiger partial charge in [0.1, 0.15) is 0 Å². The van der Waals surface area contributed by atoms with Gasteiger partial charge in [0.25, 0.3) is 0 Å². The molecule has 0 aliphatic carbocycles. The van der Waals surface area contributed by atoms with Crippen LogP contribution in [0.1, 0.15) is 12.0 Å². The fraction of sp³-hybridized carbons (Fsp3) is 0.333. The summed E-state index contributed by atoms with van der Waals surface area (Å²) in [6.07, 6.45) is 1.52. The molecule has 0 unspecified atom stereocenters. The second-order valence-corrected chi connectivity index (χ2v) is 4.64. The van der Waals surface area contributed by atoms with Crippen LogP contribution in [0.4, 0.5) is 0 Å². The topological polar surface area (TPSA) is 46.2 Å². The van der Waals surface area contributed by atoms with Crippen molar-refractivity contribution in [1.82, 2.24) is 0 Å². The molecular weight excluding hydrogens is 206 g/mol. The van der Waals surface area contributed by atoms with Crippen LogP contribution in [0.25, 0.3) is 10.1 Å². The van der Waals surface area contributed by atoms with Crippen molar-refractivity contribution in [3.8, 4) is 0 Å². The minimum atomic E-state index is 0.0630. The minimum Gasteiger partial charge on any atom is -0.396 e. The summed E-state index contributed by atoms with van der Waals surface area (Å²) in [6, 6.07) is 8.42. The summed E-state index contributed by atoms with van der Waals surface area (Å²) in [7, 11) is 0. The van der Waals surface area contributed by atoms with Gasteiger partial charge in [-0.2, -0.15) is 0 Å². The van der Waals surface area contributed by atoms with Gasteiger partial charge < -0.3 is 10.8 Å². The Morgan fingerprint density at radius 3 is 2.93 bits per heavy atom. The number of fused-ring (bicyclic) bond motifs is 1. The smallest absolute Gasteiger partial charge is 0.0445 e.